The number of halogens is 1. The maximum absolute atomic E-state index is 13.1. The van der Waals surface area contributed by atoms with Gasteiger partial charge in [0.15, 0.2) is 0 Å². The SMILES string of the molecule is CC(C)COCCSc1ccc(F)c(C(=O)O)c1. The third-order valence-corrected chi connectivity index (χ3v) is 3.07. The zero-order chi connectivity index (χ0) is 13.5. The number of thioether (sulfide) groups is 1. The Morgan fingerprint density at radius 3 is 2.83 bits per heavy atom. The molecule has 0 spiro atoms. The topological polar surface area (TPSA) is 46.5 Å². The summed E-state index contributed by atoms with van der Waals surface area (Å²) in [6.07, 6.45) is 0. The first-order chi connectivity index (χ1) is 8.50. The highest BCUT2D eigenvalue weighted by Crippen LogP contribution is 2.21. The van der Waals surface area contributed by atoms with E-state index in [2.05, 4.69) is 13.8 Å². The van der Waals surface area contributed by atoms with Gasteiger partial charge in [-0.15, -0.1) is 11.8 Å². The van der Waals surface area contributed by atoms with E-state index in [0.717, 1.165) is 10.6 Å². The van der Waals surface area contributed by atoms with Crippen LogP contribution in [0.25, 0.3) is 0 Å². The van der Waals surface area contributed by atoms with E-state index in [0.29, 0.717) is 19.1 Å². The molecule has 0 fully saturated rings. The lowest BCUT2D eigenvalue weighted by Gasteiger charge is -2.07. The summed E-state index contributed by atoms with van der Waals surface area (Å²) in [7, 11) is 0. The van der Waals surface area contributed by atoms with E-state index in [4.69, 9.17) is 9.84 Å². The number of carboxylic acid groups (broad SMARTS) is 1. The molecule has 1 aromatic carbocycles. The highest BCUT2D eigenvalue weighted by atomic mass is 32.2. The van der Waals surface area contributed by atoms with E-state index in [1.165, 1.54) is 23.9 Å². The van der Waals surface area contributed by atoms with Crippen LogP contribution < -0.4 is 0 Å². The zero-order valence-corrected chi connectivity index (χ0v) is 11.3. The molecule has 0 bridgehead atoms. The number of hydrogen-bond acceptors (Lipinski definition) is 3. The first-order valence-electron chi connectivity index (χ1n) is 5.74. The molecule has 100 valence electrons. The number of aromatic carboxylic acids is 1. The molecule has 0 aliphatic carbocycles. The zero-order valence-electron chi connectivity index (χ0n) is 10.5. The number of hydrogen-bond donors (Lipinski definition) is 1. The quantitative estimate of drug-likeness (QED) is 0.611. The fourth-order valence-corrected chi connectivity index (χ4v) is 2.10. The van der Waals surface area contributed by atoms with Crippen molar-refractivity contribution in [1.82, 2.24) is 0 Å². The molecule has 0 aliphatic rings. The molecule has 1 N–H and O–H groups in total. The summed E-state index contributed by atoms with van der Waals surface area (Å²) in [5, 5.41) is 8.79. The monoisotopic (exact) mass is 272 g/mol. The summed E-state index contributed by atoms with van der Waals surface area (Å²) in [5.41, 5.74) is -0.289. The predicted octanol–water partition coefficient (Wildman–Crippen LogP) is 3.29. The summed E-state index contributed by atoms with van der Waals surface area (Å²) in [6.45, 7) is 5.46. The van der Waals surface area contributed by atoms with Crippen molar-refractivity contribution in [3.05, 3.63) is 29.6 Å². The molecule has 1 rings (SSSR count). The number of rotatable bonds is 7. The Bertz CT molecular complexity index is 407. The molecular formula is C13H17FO3S. The third kappa shape index (κ3) is 5.06. The van der Waals surface area contributed by atoms with E-state index >= 15 is 0 Å². The molecule has 0 atom stereocenters. The highest BCUT2D eigenvalue weighted by Gasteiger charge is 2.10. The minimum Gasteiger partial charge on any atom is -0.478 e. The van der Waals surface area contributed by atoms with Gasteiger partial charge in [-0.2, -0.15) is 0 Å². The largest absolute Gasteiger partial charge is 0.478 e. The van der Waals surface area contributed by atoms with Gasteiger partial charge in [-0.25, -0.2) is 9.18 Å². The molecule has 18 heavy (non-hydrogen) atoms. The fourth-order valence-electron chi connectivity index (χ4n) is 1.30. The van der Waals surface area contributed by atoms with Crippen LogP contribution in [-0.2, 0) is 4.74 Å². The van der Waals surface area contributed by atoms with Crippen molar-refractivity contribution < 1.29 is 19.0 Å². The van der Waals surface area contributed by atoms with Crippen molar-refractivity contribution >= 4 is 17.7 Å². The molecular weight excluding hydrogens is 255 g/mol. The second-order valence-electron chi connectivity index (χ2n) is 4.26. The second kappa shape index (κ2) is 7.38. The third-order valence-electron chi connectivity index (χ3n) is 2.12. The summed E-state index contributed by atoms with van der Waals surface area (Å²) in [6, 6.07) is 4.11. The van der Waals surface area contributed by atoms with Crippen LogP contribution in [0.3, 0.4) is 0 Å². The van der Waals surface area contributed by atoms with Crippen LogP contribution in [0.5, 0.6) is 0 Å². The van der Waals surface area contributed by atoms with E-state index in [-0.39, 0.29) is 5.56 Å². The summed E-state index contributed by atoms with van der Waals surface area (Å²) in [5.74, 6) is -0.731. The summed E-state index contributed by atoms with van der Waals surface area (Å²) < 4.78 is 18.5. The van der Waals surface area contributed by atoms with Gasteiger partial charge >= 0.3 is 5.97 Å². The lowest BCUT2D eigenvalue weighted by Crippen LogP contribution is -2.05. The molecule has 0 aliphatic heterocycles. The number of carbonyl (C=O) groups is 1. The van der Waals surface area contributed by atoms with Crippen LogP contribution in [0, 0.1) is 11.7 Å². The Morgan fingerprint density at radius 2 is 2.22 bits per heavy atom. The van der Waals surface area contributed by atoms with Crippen LogP contribution in [0.1, 0.15) is 24.2 Å². The van der Waals surface area contributed by atoms with Crippen LogP contribution in [0.2, 0.25) is 0 Å². The van der Waals surface area contributed by atoms with Gasteiger partial charge in [0.2, 0.25) is 0 Å². The van der Waals surface area contributed by atoms with Crippen molar-refractivity contribution in [3.63, 3.8) is 0 Å². The molecule has 0 amide bonds. The average molecular weight is 272 g/mol. The van der Waals surface area contributed by atoms with Crippen LogP contribution in [0.4, 0.5) is 4.39 Å². The maximum atomic E-state index is 13.1. The normalized spacial score (nSPS) is 10.9. The molecule has 1 aromatic rings. The molecule has 0 heterocycles. The molecule has 0 radical (unpaired) electrons. The predicted molar refractivity (Wildman–Crippen MR) is 69.7 cm³/mol. The summed E-state index contributed by atoms with van der Waals surface area (Å²) >= 11 is 1.46. The van der Waals surface area contributed by atoms with Gasteiger partial charge in [-0.1, -0.05) is 13.8 Å². The smallest absolute Gasteiger partial charge is 0.338 e. The van der Waals surface area contributed by atoms with Gasteiger partial charge in [0.1, 0.15) is 5.82 Å². The first kappa shape index (κ1) is 15.0. The highest BCUT2D eigenvalue weighted by molar-refractivity contribution is 7.99. The van der Waals surface area contributed by atoms with Crippen molar-refractivity contribution in [3.8, 4) is 0 Å². The van der Waals surface area contributed by atoms with Crippen LogP contribution in [0.15, 0.2) is 23.1 Å². The van der Waals surface area contributed by atoms with Gasteiger partial charge in [0.25, 0.3) is 0 Å². The van der Waals surface area contributed by atoms with E-state index in [1.807, 2.05) is 0 Å². The lowest BCUT2D eigenvalue weighted by molar-refractivity contribution is 0.0691. The number of ether oxygens (including phenoxy) is 1. The maximum Gasteiger partial charge on any atom is 0.338 e. The fraction of sp³-hybridized carbons (Fsp3) is 0.462. The molecule has 0 aromatic heterocycles. The minimum absolute atomic E-state index is 0.289. The van der Waals surface area contributed by atoms with E-state index in [1.54, 1.807) is 6.07 Å². The van der Waals surface area contributed by atoms with Crippen LogP contribution >= 0.6 is 11.8 Å². The van der Waals surface area contributed by atoms with Gasteiger partial charge in [0, 0.05) is 17.3 Å². The molecule has 3 nitrogen and oxygen atoms in total. The van der Waals surface area contributed by atoms with E-state index < -0.39 is 11.8 Å². The Labute approximate surface area is 110 Å². The molecule has 0 saturated carbocycles. The summed E-state index contributed by atoms with van der Waals surface area (Å²) in [4.78, 5) is 11.5. The van der Waals surface area contributed by atoms with Crippen molar-refractivity contribution in [2.24, 2.45) is 5.92 Å². The van der Waals surface area contributed by atoms with E-state index in [9.17, 15) is 9.18 Å². The Morgan fingerprint density at radius 1 is 1.50 bits per heavy atom. The lowest BCUT2D eigenvalue weighted by atomic mass is 10.2. The molecule has 0 saturated heterocycles. The van der Waals surface area contributed by atoms with Crippen molar-refractivity contribution in [1.29, 1.82) is 0 Å². The average Bonchev–Trinajstić information content (AvgIpc) is 2.30. The van der Waals surface area contributed by atoms with Gasteiger partial charge in [-0.3, -0.25) is 0 Å². The minimum atomic E-state index is -1.24. The van der Waals surface area contributed by atoms with Crippen LogP contribution in [-0.4, -0.2) is 30.0 Å². The Kier molecular flexibility index (Phi) is 6.15. The van der Waals surface area contributed by atoms with Gasteiger partial charge < -0.3 is 9.84 Å². The number of benzene rings is 1. The Hall–Kier alpha value is -1.07. The first-order valence-corrected chi connectivity index (χ1v) is 6.72. The number of carboxylic acids is 1. The second-order valence-corrected chi connectivity index (χ2v) is 5.43. The van der Waals surface area contributed by atoms with Gasteiger partial charge in [0.05, 0.1) is 12.2 Å². The molecule has 5 heteroatoms. The standard InChI is InChI=1S/C13H17FO3S/c1-9(2)8-17-5-6-18-10-3-4-12(14)11(7-10)13(15)16/h3-4,7,9H,5-6,8H2,1-2H3,(H,15,16). The van der Waals surface area contributed by atoms with Gasteiger partial charge in [-0.05, 0) is 24.1 Å². The van der Waals surface area contributed by atoms with Crippen molar-refractivity contribution in [2.75, 3.05) is 19.0 Å². The Balaban J connectivity index is 2.43. The van der Waals surface area contributed by atoms with Crippen molar-refractivity contribution in [2.45, 2.75) is 18.7 Å². The molecule has 0 unspecified atom stereocenters.